The van der Waals surface area contributed by atoms with E-state index in [1.807, 2.05) is 6.92 Å². The quantitative estimate of drug-likeness (QED) is 0.494. The van der Waals surface area contributed by atoms with E-state index >= 15 is 0 Å². The summed E-state index contributed by atoms with van der Waals surface area (Å²) in [7, 11) is 0. The average molecular weight is 396 g/mol. The van der Waals surface area contributed by atoms with E-state index < -0.39 is 4.92 Å². The number of benzene rings is 2. The van der Waals surface area contributed by atoms with Crippen LogP contribution in [0.4, 0.5) is 11.4 Å². The fourth-order valence-corrected chi connectivity index (χ4v) is 3.29. The van der Waals surface area contributed by atoms with E-state index in [0.717, 1.165) is 11.5 Å². The monoisotopic (exact) mass is 394 g/mol. The fourth-order valence-electron chi connectivity index (χ4n) is 2.63. The van der Waals surface area contributed by atoms with Crippen molar-refractivity contribution in [3.63, 3.8) is 0 Å². The molecule has 2 aromatic carbocycles. The minimum Gasteiger partial charge on any atom is -0.372 e. The molecule has 0 radical (unpaired) electrons. The molecule has 0 aliphatic heterocycles. The van der Waals surface area contributed by atoms with E-state index in [1.54, 1.807) is 6.07 Å². The molecule has 0 bridgehead atoms. The summed E-state index contributed by atoms with van der Waals surface area (Å²) >= 11 is 9.35. The van der Waals surface area contributed by atoms with Crippen LogP contribution in [-0.2, 0) is 0 Å². The normalized spacial score (nSPS) is 15.3. The fraction of sp³-hybridized carbons (Fsp3) is 0.294. The first-order valence-electron chi connectivity index (χ1n) is 7.46. The number of hydrogen-bond donors (Lipinski definition) is 1. The van der Waals surface area contributed by atoms with Gasteiger partial charge in [0.2, 0.25) is 0 Å². The maximum Gasteiger partial charge on any atom is 0.311 e. The summed E-state index contributed by atoms with van der Waals surface area (Å²) in [5.74, 6) is 0.718. The number of rotatable bonds is 5. The molecule has 6 heteroatoms. The second-order valence-corrected chi connectivity index (χ2v) is 7.08. The van der Waals surface area contributed by atoms with Gasteiger partial charge in [-0.3, -0.25) is 10.1 Å². The first-order valence-corrected chi connectivity index (χ1v) is 8.63. The number of nitro benzene ring substituents is 1. The molecule has 23 heavy (non-hydrogen) atoms. The molecule has 1 aliphatic rings. The van der Waals surface area contributed by atoms with Gasteiger partial charge in [-0.25, -0.2) is 0 Å². The molecule has 0 amide bonds. The van der Waals surface area contributed by atoms with Crippen LogP contribution in [0.5, 0.6) is 0 Å². The summed E-state index contributed by atoms with van der Waals surface area (Å²) in [4.78, 5) is 10.8. The van der Waals surface area contributed by atoms with Crippen LogP contribution in [0.15, 0.2) is 40.9 Å². The molecular formula is C17H16BrClN2O2. The molecule has 4 nitrogen and oxygen atoms in total. The number of hydrogen-bond acceptors (Lipinski definition) is 3. The van der Waals surface area contributed by atoms with Gasteiger partial charge < -0.3 is 5.32 Å². The lowest BCUT2D eigenvalue weighted by atomic mass is 10.0. The van der Waals surface area contributed by atoms with Crippen molar-refractivity contribution in [1.82, 2.24) is 0 Å². The number of nitrogens with zero attached hydrogens (tertiary/aromatic N) is 1. The Hall–Kier alpha value is -1.59. The molecule has 3 rings (SSSR count). The lowest BCUT2D eigenvalue weighted by Gasteiger charge is -2.17. The summed E-state index contributed by atoms with van der Waals surface area (Å²) in [6.45, 7) is 1.98. The predicted octanol–water partition coefficient (Wildman–Crippen LogP) is 6.06. The SMILES string of the molecule is CC(Nc1c(Br)ccc(Cl)c1[N+](=O)[O-])c1ccc(C2CC2)cc1. The minimum absolute atomic E-state index is 0.0725. The zero-order valence-electron chi connectivity index (χ0n) is 12.6. The molecule has 1 fully saturated rings. The van der Waals surface area contributed by atoms with Crippen LogP contribution < -0.4 is 5.32 Å². The average Bonchev–Trinajstić information content (AvgIpc) is 3.35. The Morgan fingerprint density at radius 3 is 2.48 bits per heavy atom. The molecule has 0 saturated heterocycles. The molecule has 0 heterocycles. The van der Waals surface area contributed by atoms with Gasteiger partial charge in [-0.1, -0.05) is 35.9 Å². The summed E-state index contributed by atoms with van der Waals surface area (Å²) in [5.41, 5.74) is 2.75. The summed E-state index contributed by atoms with van der Waals surface area (Å²) in [5, 5.41) is 14.6. The maximum absolute atomic E-state index is 11.3. The van der Waals surface area contributed by atoms with Gasteiger partial charge in [-0.15, -0.1) is 0 Å². The maximum atomic E-state index is 11.3. The van der Waals surface area contributed by atoms with E-state index in [1.165, 1.54) is 24.5 Å². The van der Waals surface area contributed by atoms with Gasteiger partial charge in [-0.05, 0) is 64.9 Å². The zero-order chi connectivity index (χ0) is 16.6. The molecule has 1 unspecified atom stereocenters. The van der Waals surface area contributed by atoms with Crippen LogP contribution in [-0.4, -0.2) is 4.92 Å². The molecule has 1 atom stereocenters. The number of nitro groups is 1. The standard InChI is InChI=1S/C17H16BrClN2O2/c1-10(11-2-4-12(5-3-11)13-6-7-13)20-16-14(18)8-9-15(19)17(16)21(22)23/h2-5,8-10,13,20H,6-7H2,1H3. The molecule has 0 aromatic heterocycles. The molecule has 120 valence electrons. The second kappa shape index (κ2) is 6.49. The van der Waals surface area contributed by atoms with Crippen LogP contribution in [0, 0.1) is 10.1 Å². The summed E-state index contributed by atoms with van der Waals surface area (Å²) in [6.07, 6.45) is 2.55. The molecule has 2 aromatic rings. The molecule has 1 N–H and O–H groups in total. The highest BCUT2D eigenvalue weighted by Gasteiger charge is 2.25. The number of halogens is 2. The third-order valence-electron chi connectivity index (χ3n) is 4.11. The van der Waals surface area contributed by atoms with Crippen LogP contribution in [0.25, 0.3) is 0 Å². The van der Waals surface area contributed by atoms with Crippen LogP contribution in [0.2, 0.25) is 5.02 Å². The molecule has 0 spiro atoms. The van der Waals surface area contributed by atoms with E-state index in [0.29, 0.717) is 10.2 Å². The summed E-state index contributed by atoms with van der Waals surface area (Å²) < 4.78 is 0.620. The van der Waals surface area contributed by atoms with Crippen molar-refractivity contribution in [2.45, 2.75) is 31.7 Å². The van der Waals surface area contributed by atoms with Crippen molar-refractivity contribution in [3.05, 3.63) is 67.1 Å². The van der Waals surface area contributed by atoms with Gasteiger partial charge in [0.05, 0.1) is 4.92 Å². The Bertz CT molecular complexity index is 745. The van der Waals surface area contributed by atoms with Crippen LogP contribution in [0.3, 0.4) is 0 Å². The highest BCUT2D eigenvalue weighted by molar-refractivity contribution is 9.10. The third kappa shape index (κ3) is 3.51. The topological polar surface area (TPSA) is 55.2 Å². The molecule has 1 aliphatic carbocycles. The highest BCUT2D eigenvalue weighted by Crippen LogP contribution is 2.41. The second-order valence-electron chi connectivity index (χ2n) is 5.82. The van der Waals surface area contributed by atoms with Crippen molar-refractivity contribution in [2.24, 2.45) is 0 Å². The lowest BCUT2D eigenvalue weighted by molar-refractivity contribution is -0.383. The Balaban J connectivity index is 1.86. The van der Waals surface area contributed by atoms with Gasteiger partial charge in [-0.2, -0.15) is 0 Å². The first kappa shape index (κ1) is 16.3. The van der Waals surface area contributed by atoms with Crippen molar-refractivity contribution in [3.8, 4) is 0 Å². The smallest absolute Gasteiger partial charge is 0.311 e. The van der Waals surface area contributed by atoms with Crippen molar-refractivity contribution in [2.75, 3.05) is 5.32 Å². The van der Waals surface area contributed by atoms with E-state index in [9.17, 15) is 10.1 Å². The van der Waals surface area contributed by atoms with E-state index in [4.69, 9.17) is 11.6 Å². The largest absolute Gasteiger partial charge is 0.372 e. The third-order valence-corrected chi connectivity index (χ3v) is 5.07. The number of anilines is 1. The van der Waals surface area contributed by atoms with Crippen molar-refractivity contribution >= 4 is 38.9 Å². The Kier molecular flexibility index (Phi) is 4.60. The van der Waals surface area contributed by atoms with E-state index in [-0.39, 0.29) is 16.8 Å². The lowest BCUT2D eigenvalue weighted by Crippen LogP contribution is -2.09. The van der Waals surface area contributed by atoms with Crippen LogP contribution >= 0.6 is 27.5 Å². The van der Waals surface area contributed by atoms with Gasteiger partial charge in [0.15, 0.2) is 0 Å². The van der Waals surface area contributed by atoms with Gasteiger partial charge >= 0.3 is 5.69 Å². The van der Waals surface area contributed by atoms with Gasteiger partial charge in [0.25, 0.3) is 0 Å². The Morgan fingerprint density at radius 1 is 1.26 bits per heavy atom. The first-order chi connectivity index (χ1) is 11.0. The van der Waals surface area contributed by atoms with Crippen LogP contribution in [0.1, 0.15) is 42.9 Å². The van der Waals surface area contributed by atoms with Crippen molar-refractivity contribution in [1.29, 1.82) is 0 Å². The Labute approximate surface area is 148 Å². The van der Waals surface area contributed by atoms with Crippen molar-refractivity contribution < 1.29 is 4.92 Å². The molecular weight excluding hydrogens is 380 g/mol. The Morgan fingerprint density at radius 2 is 1.91 bits per heavy atom. The van der Waals surface area contributed by atoms with Gasteiger partial charge in [0.1, 0.15) is 10.7 Å². The van der Waals surface area contributed by atoms with E-state index in [2.05, 4.69) is 45.5 Å². The number of nitrogens with one attached hydrogen (secondary N) is 1. The predicted molar refractivity (Wildman–Crippen MR) is 96.3 cm³/mol. The highest BCUT2D eigenvalue weighted by atomic mass is 79.9. The minimum atomic E-state index is -0.460. The van der Waals surface area contributed by atoms with Gasteiger partial charge in [0, 0.05) is 10.5 Å². The molecule has 1 saturated carbocycles. The summed E-state index contributed by atoms with van der Waals surface area (Å²) in [6, 6.07) is 11.6. The zero-order valence-corrected chi connectivity index (χ0v) is 14.9.